The summed E-state index contributed by atoms with van der Waals surface area (Å²) in [5, 5.41) is 3.56. The number of hydrogen-bond donors (Lipinski definition) is 1. The van der Waals surface area contributed by atoms with Crippen molar-refractivity contribution in [3.63, 3.8) is 0 Å². The van der Waals surface area contributed by atoms with Crippen molar-refractivity contribution >= 4 is 23.4 Å². The summed E-state index contributed by atoms with van der Waals surface area (Å²) >= 11 is 1.31. The average Bonchev–Trinajstić information content (AvgIpc) is 2.43. The summed E-state index contributed by atoms with van der Waals surface area (Å²) in [5.41, 5.74) is 0. The zero-order chi connectivity index (χ0) is 15.9. The van der Waals surface area contributed by atoms with Crippen molar-refractivity contribution in [2.24, 2.45) is 0 Å². The second-order valence-corrected chi connectivity index (χ2v) is 5.33. The molecule has 1 N–H and O–H groups in total. The molecule has 1 rings (SSSR count). The van der Waals surface area contributed by atoms with E-state index in [2.05, 4.69) is 15.3 Å². The first-order valence-electron chi connectivity index (χ1n) is 6.88. The molecule has 0 spiro atoms. The molecule has 8 heteroatoms. The molecule has 0 aromatic carbocycles. The Bertz CT molecular complexity index is 440. The van der Waals surface area contributed by atoms with E-state index in [-0.39, 0.29) is 0 Å². The SMILES string of the molecule is CCCNc1cc(N(CCC)CC(F)(F)F)nc(SC)n1. The second-order valence-electron chi connectivity index (χ2n) is 4.56. The molecule has 0 saturated carbocycles. The van der Waals surface area contributed by atoms with Gasteiger partial charge in [-0.2, -0.15) is 13.2 Å². The van der Waals surface area contributed by atoms with Gasteiger partial charge in [0.1, 0.15) is 18.2 Å². The van der Waals surface area contributed by atoms with E-state index in [1.807, 2.05) is 13.8 Å². The summed E-state index contributed by atoms with van der Waals surface area (Å²) in [6.45, 7) is 3.88. The van der Waals surface area contributed by atoms with Crippen LogP contribution in [0.1, 0.15) is 26.7 Å². The third kappa shape index (κ3) is 6.41. The summed E-state index contributed by atoms with van der Waals surface area (Å²) in [4.78, 5) is 9.71. The highest BCUT2D eigenvalue weighted by atomic mass is 32.2. The topological polar surface area (TPSA) is 41.0 Å². The van der Waals surface area contributed by atoms with Crippen molar-refractivity contribution in [2.45, 2.75) is 38.0 Å². The van der Waals surface area contributed by atoms with Gasteiger partial charge in [-0.3, -0.25) is 0 Å². The molecule has 0 aliphatic carbocycles. The Kier molecular flexibility index (Phi) is 7.07. The maximum atomic E-state index is 12.7. The van der Waals surface area contributed by atoms with E-state index < -0.39 is 12.7 Å². The molecule has 4 nitrogen and oxygen atoms in total. The van der Waals surface area contributed by atoms with Gasteiger partial charge in [0.2, 0.25) is 0 Å². The molecule has 0 amide bonds. The van der Waals surface area contributed by atoms with Crippen LogP contribution in [0.25, 0.3) is 0 Å². The van der Waals surface area contributed by atoms with Gasteiger partial charge in [0.25, 0.3) is 0 Å². The van der Waals surface area contributed by atoms with Crippen LogP contribution in [0.15, 0.2) is 11.2 Å². The highest BCUT2D eigenvalue weighted by Gasteiger charge is 2.31. The van der Waals surface area contributed by atoms with Crippen molar-refractivity contribution < 1.29 is 13.2 Å². The number of halogens is 3. The lowest BCUT2D eigenvalue weighted by Crippen LogP contribution is -2.35. The van der Waals surface area contributed by atoms with E-state index in [0.29, 0.717) is 29.8 Å². The molecule has 21 heavy (non-hydrogen) atoms. The van der Waals surface area contributed by atoms with Crippen LogP contribution in [0.2, 0.25) is 0 Å². The molecule has 0 fully saturated rings. The van der Waals surface area contributed by atoms with Crippen molar-refractivity contribution in [3.8, 4) is 0 Å². The molecule has 1 aromatic rings. The largest absolute Gasteiger partial charge is 0.405 e. The molecule has 1 heterocycles. The summed E-state index contributed by atoms with van der Waals surface area (Å²) in [5.74, 6) is 0.876. The Morgan fingerprint density at radius 2 is 1.95 bits per heavy atom. The van der Waals surface area contributed by atoms with Gasteiger partial charge in [0.05, 0.1) is 0 Å². The quantitative estimate of drug-likeness (QED) is 0.582. The number of aromatic nitrogens is 2. The molecule has 0 atom stereocenters. The molecule has 120 valence electrons. The van der Waals surface area contributed by atoms with E-state index >= 15 is 0 Å². The van der Waals surface area contributed by atoms with Crippen molar-refractivity contribution in [3.05, 3.63) is 6.07 Å². The molecular formula is C13H21F3N4S. The minimum absolute atomic E-state index is 0.303. The molecular weight excluding hydrogens is 301 g/mol. The fraction of sp³-hybridized carbons (Fsp3) is 0.692. The maximum Gasteiger partial charge on any atom is 0.405 e. The third-order valence-electron chi connectivity index (χ3n) is 2.62. The summed E-state index contributed by atoms with van der Waals surface area (Å²) in [7, 11) is 0. The van der Waals surface area contributed by atoms with Gasteiger partial charge in [-0.25, -0.2) is 9.97 Å². The highest BCUT2D eigenvalue weighted by Crippen LogP contribution is 2.24. The zero-order valence-corrected chi connectivity index (χ0v) is 13.3. The lowest BCUT2D eigenvalue weighted by atomic mass is 10.3. The van der Waals surface area contributed by atoms with Crippen LogP contribution in [-0.2, 0) is 0 Å². The van der Waals surface area contributed by atoms with Crippen molar-refractivity contribution in [1.29, 1.82) is 0 Å². The number of rotatable bonds is 8. The van der Waals surface area contributed by atoms with Gasteiger partial charge in [-0.05, 0) is 19.1 Å². The first-order chi connectivity index (χ1) is 9.89. The fourth-order valence-corrected chi connectivity index (χ4v) is 2.15. The van der Waals surface area contributed by atoms with Crippen LogP contribution in [0.4, 0.5) is 24.8 Å². The zero-order valence-electron chi connectivity index (χ0n) is 12.5. The predicted molar refractivity (Wildman–Crippen MR) is 81.2 cm³/mol. The summed E-state index contributed by atoms with van der Waals surface area (Å²) in [6.07, 6.45) is -0.922. The van der Waals surface area contributed by atoms with Crippen LogP contribution in [-0.4, -0.2) is 42.0 Å². The smallest absolute Gasteiger partial charge is 0.370 e. The molecule has 0 aliphatic rings. The summed E-state index contributed by atoms with van der Waals surface area (Å²) < 4.78 is 38.1. The van der Waals surface area contributed by atoms with E-state index in [1.54, 1.807) is 12.3 Å². The molecule has 0 radical (unpaired) electrons. The highest BCUT2D eigenvalue weighted by molar-refractivity contribution is 7.98. The van der Waals surface area contributed by atoms with Crippen LogP contribution < -0.4 is 10.2 Å². The van der Waals surface area contributed by atoms with Crippen LogP contribution in [0.3, 0.4) is 0 Å². The van der Waals surface area contributed by atoms with E-state index in [0.717, 1.165) is 13.0 Å². The first-order valence-corrected chi connectivity index (χ1v) is 8.10. The Hall–Kier alpha value is -1.18. The molecule has 0 saturated heterocycles. The summed E-state index contributed by atoms with van der Waals surface area (Å²) in [6, 6.07) is 1.58. The number of thioether (sulfide) groups is 1. The van der Waals surface area contributed by atoms with Gasteiger partial charge < -0.3 is 10.2 Å². The Morgan fingerprint density at radius 1 is 1.24 bits per heavy atom. The number of nitrogens with zero attached hydrogens (tertiary/aromatic N) is 3. The number of nitrogens with one attached hydrogen (secondary N) is 1. The normalized spacial score (nSPS) is 11.5. The Morgan fingerprint density at radius 3 is 2.48 bits per heavy atom. The van der Waals surface area contributed by atoms with Gasteiger partial charge in [-0.1, -0.05) is 25.6 Å². The number of hydrogen-bond acceptors (Lipinski definition) is 5. The maximum absolute atomic E-state index is 12.7. The van der Waals surface area contributed by atoms with Crippen molar-refractivity contribution in [2.75, 3.05) is 36.1 Å². The van der Waals surface area contributed by atoms with E-state index in [1.165, 1.54) is 16.7 Å². The Balaban J connectivity index is 3.04. The van der Waals surface area contributed by atoms with Crippen molar-refractivity contribution in [1.82, 2.24) is 9.97 Å². The van der Waals surface area contributed by atoms with Crippen LogP contribution in [0.5, 0.6) is 0 Å². The van der Waals surface area contributed by atoms with Crippen LogP contribution in [0, 0.1) is 0 Å². The second kappa shape index (κ2) is 8.31. The van der Waals surface area contributed by atoms with Gasteiger partial charge >= 0.3 is 6.18 Å². The van der Waals surface area contributed by atoms with Gasteiger partial charge in [0.15, 0.2) is 5.16 Å². The molecule has 0 aliphatic heterocycles. The minimum Gasteiger partial charge on any atom is -0.370 e. The molecule has 0 bridgehead atoms. The van der Waals surface area contributed by atoms with Gasteiger partial charge in [0, 0.05) is 19.2 Å². The lowest BCUT2D eigenvalue weighted by Gasteiger charge is -2.25. The number of anilines is 2. The van der Waals surface area contributed by atoms with E-state index in [4.69, 9.17) is 0 Å². The first kappa shape index (κ1) is 17.9. The Labute approximate surface area is 127 Å². The number of alkyl halides is 3. The standard InChI is InChI=1S/C13H21F3N4S/c1-4-6-17-10-8-11(19-12(18-10)21-3)20(7-5-2)9-13(14,15)16/h8H,4-7,9H2,1-3H3,(H,17,18,19). The predicted octanol–water partition coefficient (Wildman–Crippen LogP) is 3.80. The lowest BCUT2D eigenvalue weighted by molar-refractivity contribution is -0.119. The minimum atomic E-state index is -4.25. The van der Waals surface area contributed by atoms with Gasteiger partial charge in [-0.15, -0.1) is 0 Å². The van der Waals surface area contributed by atoms with Crippen LogP contribution >= 0.6 is 11.8 Å². The third-order valence-corrected chi connectivity index (χ3v) is 3.17. The molecule has 1 aromatic heterocycles. The average molecular weight is 322 g/mol. The molecule has 0 unspecified atom stereocenters. The van der Waals surface area contributed by atoms with E-state index in [9.17, 15) is 13.2 Å². The fourth-order valence-electron chi connectivity index (χ4n) is 1.77. The monoisotopic (exact) mass is 322 g/mol.